The first-order chi connectivity index (χ1) is 7.66. The fourth-order valence-corrected chi connectivity index (χ4v) is 2.02. The number of aryl methyl sites for hydroxylation is 1. The van der Waals surface area contributed by atoms with Crippen LogP contribution >= 0.6 is 0 Å². The first-order valence-corrected chi connectivity index (χ1v) is 5.54. The highest BCUT2D eigenvalue weighted by molar-refractivity contribution is 5.25. The van der Waals surface area contributed by atoms with Crippen LogP contribution in [0.5, 0.6) is 0 Å². The van der Waals surface area contributed by atoms with Gasteiger partial charge in [-0.1, -0.05) is 6.07 Å². The lowest BCUT2D eigenvalue weighted by Crippen LogP contribution is -2.43. The average molecular weight is 226 g/mol. The second-order valence-electron chi connectivity index (χ2n) is 4.25. The van der Waals surface area contributed by atoms with Crippen LogP contribution in [0.3, 0.4) is 0 Å². The van der Waals surface area contributed by atoms with Gasteiger partial charge in [0.15, 0.2) is 11.6 Å². The van der Waals surface area contributed by atoms with Gasteiger partial charge in [0, 0.05) is 38.3 Å². The highest BCUT2D eigenvalue weighted by atomic mass is 19.2. The Hall–Kier alpha value is -1.00. The van der Waals surface area contributed by atoms with Gasteiger partial charge in [0.2, 0.25) is 0 Å². The fraction of sp³-hybridized carbons (Fsp3) is 0.500. The molecule has 1 aromatic carbocycles. The fourth-order valence-electron chi connectivity index (χ4n) is 2.02. The molecule has 0 amide bonds. The molecule has 0 aliphatic carbocycles. The van der Waals surface area contributed by atoms with E-state index in [0.29, 0.717) is 12.1 Å². The molecular formula is C12H16F2N2. The Bertz CT molecular complexity index is 374. The Labute approximate surface area is 94.3 Å². The van der Waals surface area contributed by atoms with Crippen molar-refractivity contribution in [2.45, 2.75) is 13.5 Å². The molecule has 1 aromatic rings. The Kier molecular flexibility index (Phi) is 3.51. The molecule has 0 atom stereocenters. The molecular weight excluding hydrogens is 210 g/mol. The molecule has 0 saturated carbocycles. The lowest BCUT2D eigenvalue weighted by Gasteiger charge is -2.27. The van der Waals surface area contributed by atoms with E-state index < -0.39 is 11.6 Å². The number of benzene rings is 1. The van der Waals surface area contributed by atoms with Crippen molar-refractivity contribution in [1.29, 1.82) is 0 Å². The van der Waals surface area contributed by atoms with E-state index >= 15 is 0 Å². The van der Waals surface area contributed by atoms with Crippen LogP contribution in [0, 0.1) is 18.6 Å². The molecule has 2 nitrogen and oxygen atoms in total. The molecule has 1 aliphatic heterocycles. The van der Waals surface area contributed by atoms with Crippen molar-refractivity contribution < 1.29 is 8.78 Å². The quantitative estimate of drug-likeness (QED) is 0.825. The molecule has 1 N–H and O–H groups in total. The summed E-state index contributed by atoms with van der Waals surface area (Å²) in [6.07, 6.45) is 0. The normalized spacial score (nSPS) is 17.7. The summed E-state index contributed by atoms with van der Waals surface area (Å²) in [5.74, 6) is -1.45. The van der Waals surface area contributed by atoms with Gasteiger partial charge in [-0.15, -0.1) is 0 Å². The molecule has 2 rings (SSSR count). The van der Waals surface area contributed by atoms with Crippen LogP contribution in [-0.4, -0.2) is 31.1 Å². The van der Waals surface area contributed by atoms with E-state index in [9.17, 15) is 8.78 Å². The van der Waals surface area contributed by atoms with Gasteiger partial charge in [0.05, 0.1) is 0 Å². The molecule has 88 valence electrons. The average Bonchev–Trinajstić information content (AvgIpc) is 2.27. The predicted molar refractivity (Wildman–Crippen MR) is 59.2 cm³/mol. The van der Waals surface area contributed by atoms with Crippen molar-refractivity contribution in [2.24, 2.45) is 0 Å². The molecule has 1 fully saturated rings. The Balaban J connectivity index is 2.13. The highest BCUT2D eigenvalue weighted by Gasteiger charge is 2.15. The van der Waals surface area contributed by atoms with Crippen molar-refractivity contribution >= 4 is 0 Å². The summed E-state index contributed by atoms with van der Waals surface area (Å²) in [4.78, 5) is 2.13. The predicted octanol–water partition coefficient (Wildman–Crippen LogP) is 1.68. The molecule has 1 aliphatic rings. The number of rotatable bonds is 2. The number of halogens is 2. The van der Waals surface area contributed by atoms with Gasteiger partial charge in [-0.3, -0.25) is 4.90 Å². The van der Waals surface area contributed by atoms with Crippen molar-refractivity contribution in [3.05, 3.63) is 34.9 Å². The van der Waals surface area contributed by atoms with Crippen molar-refractivity contribution in [3.63, 3.8) is 0 Å². The van der Waals surface area contributed by atoms with Crippen molar-refractivity contribution in [2.75, 3.05) is 26.2 Å². The van der Waals surface area contributed by atoms with E-state index in [1.54, 1.807) is 13.0 Å². The zero-order valence-electron chi connectivity index (χ0n) is 9.39. The Morgan fingerprint density at radius 2 is 1.94 bits per heavy atom. The lowest BCUT2D eigenvalue weighted by atomic mass is 10.1. The van der Waals surface area contributed by atoms with Crippen molar-refractivity contribution in [3.8, 4) is 0 Å². The maximum Gasteiger partial charge on any atom is 0.163 e. The monoisotopic (exact) mass is 226 g/mol. The van der Waals surface area contributed by atoms with Crippen LogP contribution in [0.15, 0.2) is 12.1 Å². The molecule has 1 heterocycles. The number of piperazine rings is 1. The zero-order valence-corrected chi connectivity index (χ0v) is 9.39. The molecule has 0 unspecified atom stereocenters. The first kappa shape index (κ1) is 11.5. The molecule has 0 spiro atoms. The summed E-state index contributed by atoms with van der Waals surface area (Å²) in [5, 5.41) is 3.23. The number of hydrogen-bond donors (Lipinski definition) is 1. The summed E-state index contributed by atoms with van der Waals surface area (Å²) < 4.78 is 26.7. The van der Waals surface area contributed by atoms with Crippen LogP contribution in [-0.2, 0) is 6.54 Å². The molecule has 16 heavy (non-hydrogen) atoms. The molecule has 0 aromatic heterocycles. The maximum absolute atomic E-state index is 13.5. The number of hydrogen-bond acceptors (Lipinski definition) is 2. The van der Waals surface area contributed by atoms with Crippen LogP contribution in [0.4, 0.5) is 8.78 Å². The summed E-state index contributed by atoms with van der Waals surface area (Å²) in [5.41, 5.74) is 1.23. The SMILES string of the molecule is Cc1cc(F)c(F)c(CN2CCNCC2)c1. The first-order valence-electron chi connectivity index (χ1n) is 5.54. The standard InChI is InChI=1S/C12H16F2N2/c1-9-6-10(12(14)11(13)7-9)8-16-4-2-15-3-5-16/h6-7,15H,2-5,8H2,1H3. The minimum atomic E-state index is -0.745. The van der Waals surface area contributed by atoms with Crippen LogP contribution in [0.2, 0.25) is 0 Å². The second-order valence-corrected chi connectivity index (χ2v) is 4.25. The van der Waals surface area contributed by atoms with E-state index in [0.717, 1.165) is 31.7 Å². The van der Waals surface area contributed by atoms with Gasteiger partial charge in [0.25, 0.3) is 0 Å². The lowest BCUT2D eigenvalue weighted by molar-refractivity contribution is 0.229. The summed E-state index contributed by atoms with van der Waals surface area (Å²) in [6.45, 7) is 5.87. The minimum Gasteiger partial charge on any atom is -0.314 e. The van der Waals surface area contributed by atoms with Gasteiger partial charge < -0.3 is 5.32 Å². The van der Waals surface area contributed by atoms with E-state index in [-0.39, 0.29) is 0 Å². The highest BCUT2D eigenvalue weighted by Crippen LogP contribution is 2.16. The summed E-state index contributed by atoms with van der Waals surface area (Å²) >= 11 is 0. The zero-order chi connectivity index (χ0) is 11.5. The summed E-state index contributed by atoms with van der Waals surface area (Å²) in [6, 6.07) is 2.96. The molecule has 0 bridgehead atoms. The van der Waals surface area contributed by atoms with E-state index in [4.69, 9.17) is 0 Å². The van der Waals surface area contributed by atoms with Gasteiger partial charge in [-0.05, 0) is 18.6 Å². The maximum atomic E-state index is 13.5. The second kappa shape index (κ2) is 4.89. The van der Waals surface area contributed by atoms with E-state index in [1.165, 1.54) is 6.07 Å². The van der Waals surface area contributed by atoms with Crippen molar-refractivity contribution in [1.82, 2.24) is 10.2 Å². The third kappa shape index (κ3) is 2.57. The van der Waals surface area contributed by atoms with Gasteiger partial charge in [-0.25, -0.2) is 8.78 Å². The van der Waals surface area contributed by atoms with Gasteiger partial charge in [-0.2, -0.15) is 0 Å². The summed E-state index contributed by atoms with van der Waals surface area (Å²) in [7, 11) is 0. The molecule has 0 radical (unpaired) electrons. The van der Waals surface area contributed by atoms with Crippen LogP contribution < -0.4 is 5.32 Å². The minimum absolute atomic E-state index is 0.458. The van der Waals surface area contributed by atoms with Crippen LogP contribution in [0.25, 0.3) is 0 Å². The van der Waals surface area contributed by atoms with Gasteiger partial charge >= 0.3 is 0 Å². The smallest absolute Gasteiger partial charge is 0.163 e. The number of nitrogens with one attached hydrogen (secondary N) is 1. The number of nitrogens with zero attached hydrogens (tertiary/aromatic N) is 1. The van der Waals surface area contributed by atoms with Crippen LogP contribution in [0.1, 0.15) is 11.1 Å². The Morgan fingerprint density at radius 3 is 2.62 bits per heavy atom. The Morgan fingerprint density at radius 1 is 1.25 bits per heavy atom. The third-order valence-electron chi connectivity index (χ3n) is 2.85. The molecule has 4 heteroatoms. The largest absolute Gasteiger partial charge is 0.314 e. The van der Waals surface area contributed by atoms with E-state index in [1.807, 2.05) is 0 Å². The van der Waals surface area contributed by atoms with Gasteiger partial charge in [0.1, 0.15) is 0 Å². The van der Waals surface area contributed by atoms with E-state index in [2.05, 4.69) is 10.2 Å². The molecule has 1 saturated heterocycles. The topological polar surface area (TPSA) is 15.3 Å². The third-order valence-corrected chi connectivity index (χ3v) is 2.85.